The Bertz CT molecular complexity index is 549. The summed E-state index contributed by atoms with van der Waals surface area (Å²) < 4.78 is 15.8. The van der Waals surface area contributed by atoms with Crippen molar-refractivity contribution in [1.82, 2.24) is 9.80 Å². The van der Waals surface area contributed by atoms with Crippen LogP contribution >= 0.6 is 0 Å². The Morgan fingerprint density at radius 2 is 1.42 bits per heavy atom. The van der Waals surface area contributed by atoms with E-state index in [1.54, 1.807) is 48.5 Å². The van der Waals surface area contributed by atoms with Crippen molar-refractivity contribution in [2.75, 3.05) is 26.7 Å². The van der Waals surface area contributed by atoms with Crippen LogP contribution in [-0.2, 0) is 19.0 Å². The zero-order valence-electron chi connectivity index (χ0n) is 17.2. The maximum Gasteiger partial charge on any atom is 0.411 e. The van der Waals surface area contributed by atoms with Gasteiger partial charge in [-0.1, -0.05) is 6.92 Å². The highest BCUT2D eigenvalue weighted by Crippen LogP contribution is 2.30. The number of amides is 2. The van der Waals surface area contributed by atoms with Crippen molar-refractivity contribution in [3.05, 3.63) is 0 Å². The second kappa shape index (κ2) is 7.72. The first-order chi connectivity index (χ1) is 11.8. The van der Waals surface area contributed by atoms with Gasteiger partial charge in [-0.3, -0.25) is 4.90 Å². The van der Waals surface area contributed by atoms with Crippen LogP contribution in [0.5, 0.6) is 0 Å². The van der Waals surface area contributed by atoms with E-state index in [1.165, 1.54) is 16.9 Å². The highest BCUT2D eigenvalue weighted by molar-refractivity contribution is 5.87. The summed E-state index contributed by atoms with van der Waals surface area (Å²) in [6, 6.07) is 0. The molecule has 150 valence electrons. The van der Waals surface area contributed by atoms with Crippen LogP contribution in [0.25, 0.3) is 0 Å². The van der Waals surface area contributed by atoms with Gasteiger partial charge in [-0.2, -0.15) is 0 Å². The predicted molar refractivity (Wildman–Crippen MR) is 95.8 cm³/mol. The number of rotatable bonds is 2. The normalized spacial score (nSPS) is 21.2. The van der Waals surface area contributed by atoms with Gasteiger partial charge in [0.05, 0.1) is 13.7 Å². The molecule has 1 heterocycles. The zero-order valence-corrected chi connectivity index (χ0v) is 17.2. The van der Waals surface area contributed by atoms with Crippen molar-refractivity contribution in [2.45, 2.75) is 71.6 Å². The summed E-state index contributed by atoms with van der Waals surface area (Å²) in [5, 5.41) is 0. The van der Waals surface area contributed by atoms with E-state index in [4.69, 9.17) is 14.2 Å². The first kappa shape index (κ1) is 22.1. The summed E-state index contributed by atoms with van der Waals surface area (Å²) >= 11 is 0. The number of esters is 1. The van der Waals surface area contributed by atoms with Crippen LogP contribution in [0.3, 0.4) is 0 Å². The fraction of sp³-hybridized carbons (Fsp3) is 0.833. The zero-order chi connectivity index (χ0) is 20.3. The molecule has 26 heavy (non-hydrogen) atoms. The van der Waals surface area contributed by atoms with E-state index in [1.807, 2.05) is 0 Å². The Hall–Kier alpha value is -1.99. The summed E-state index contributed by atoms with van der Waals surface area (Å²) in [5.41, 5.74) is -2.67. The van der Waals surface area contributed by atoms with Gasteiger partial charge in [-0.15, -0.1) is 0 Å². The molecule has 0 aromatic heterocycles. The third kappa shape index (κ3) is 5.25. The molecule has 0 aromatic rings. The van der Waals surface area contributed by atoms with Crippen LogP contribution in [0.2, 0.25) is 0 Å². The average molecular weight is 372 g/mol. The molecule has 0 aliphatic carbocycles. The number of piperazine rings is 1. The minimum atomic E-state index is -1.31. The third-order valence-electron chi connectivity index (χ3n) is 3.98. The van der Waals surface area contributed by atoms with Gasteiger partial charge >= 0.3 is 18.2 Å². The van der Waals surface area contributed by atoms with Crippen molar-refractivity contribution >= 4 is 18.2 Å². The fourth-order valence-corrected chi connectivity index (χ4v) is 2.79. The van der Waals surface area contributed by atoms with Crippen molar-refractivity contribution < 1.29 is 28.6 Å². The second-order valence-electron chi connectivity index (χ2n) is 8.41. The maximum absolute atomic E-state index is 12.7. The topological polar surface area (TPSA) is 85.4 Å². The molecule has 0 radical (unpaired) electrons. The van der Waals surface area contributed by atoms with Gasteiger partial charge in [0.1, 0.15) is 11.2 Å². The third-order valence-corrected chi connectivity index (χ3v) is 3.98. The summed E-state index contributed by atoms with van der Waals surface area (Å²) in [6.45, 7) is 12.7. The molecule has 1 aliphatic heterocycles. The van der Waals surface area contributed by atoms with Gasteiger partial charge in [-0.05, 0) is 48.0 Å². The number of carbonyl (C=O) groups excluding carboxylic acids is 3. The average Bonchev–Trinajstić information content (AvgIpc) is 2.49. The number of nitrogens with zero attached hydrogens (tertiary/aromatic N) is 2. The number of carbonyl (C=O) groups is 3. The standard InChI is InChI=1S/C18H32N2O6/c1-9-18(13(21)24-8)12-19(14(22)25-16(2,3)4)10-11-20(18)15(23)26-17(5,6)7/h9-12H2,1-8H3. The molecule has 1 aliphatic rings. The molecule has 1 saturated heterocycles. The Morgan fingerprint density at radius 3 is 1.85 bits per heavy atom. The summed E-state index contributed by atoms with van der Waals surface area (Å²) in [6.07, 6.45) is -0.852. The van der Waals surface area contributed by atoms with Gasteiger partial charge in [0.2, 0.25) is 0 Å². The molecule has 1 unspecified atom stereocenters. The minimum Gasteiger partial charge on any atom is -0.467 e. The van der Waals surface area contributed by atoms with Gasteiger partial charge in [0.25, 0.3) is 0 Å². The van der Waals surface area contributed by atoms with Gasteiger partial charge in [-0.25, -0.2) is 14.4 Å². The summed E-state index contributed by atoms with van der Waals surface area (Å²) in [7, 11) is 1.26. The molecule has 2 amide bonds. The lowest BCUT2D eigenvalue weighted by molar-refractivity contribution is -0.159. The van der Waals surface area contributed by atoms with Crippen molar-refractivity contribution in [1.29, 1.82) is 0 Å². The molecule has 0 aromatic carbocycles. The van der Waals surface area contributed by atoms with E-state index in [2.05, 4.69) is 0 Å². The van der Waals surface area contributed by atoms with Crippen molar-refractivity contribution in [3.63, 3.8) is 0 Å². The SMILES string of the molecule is CCC1(C(=O)OC)CN(C(=O)OC(C)(C)C)CCN1C(=O)OC(C)(C)C. The van der Waals surface area contributed by atoms with Crippen LogP contribution in [0.4, 0.5) is 9.59 Å². The molecule has 0 N–H and O–H groups in total. The van der Waals surface area contributed by atoms with E-state index in [9.17, 15) is 14.4 Å². The van der Waals surface area contributed by atoms with Crippen LogP contribution in [0.15, 0.2) is 0 Å². The largest absolute Gasteiger partial charge is 0.467 e. The molecular weight excluding hydrogens is 340 g/mol. The molecule has 0 bridgehead atoms. The Balaban J connectivity index is 3.14. The molecule has 1 atom stereocenters. The Morgan fingerprint density at radius 1 is 0.923 bits per heavy atom. The second-order valence-corrected chi connectivity index (χ2v) is 8.41. The first-order valence-electron chi connectivity index (χ1n) is 8.82. The van der Waals surface area contributed by atoms with E-state index < -0.39 is 34.9 Å². The molecule has 0 saturated carbocycles. The maximum atomic E-state index is 12.7. The van der Waals surface area contributed by atoms with Crippen LogP contribution in [0.1, 0.15) is 54.9 Å². The van der Waals surface area contributed by atoms with E-state index in [0.29, 0.717) is 0 Å². The quantitative estimate of drug-likeness (QED) is 0.547. The van der Waals surface area contributed by atoms with E-state index in [0.717, 1.165) is 0 Å². The minimum absolute atomic E-state index is 0.00959. The molecule has 1 fully saturated rings. The molecule has 8 nitrogen and oxygen atoms in total. The van der Waals surface area contributed by atoms with Crippen molar-refractivity contribution in [3.8, 4) is 0 Å². The fourth-order valence-electron chi connectivity index (χ4n) is 2.79. The van der Waals surface area contributed by atoms with Gasteiger partial charge in [0.15, 0.2) is 5.54 Å². The monoisotopic (exact) mass is 372 g/mol. The summed E-state index contributed by atoms with van der Waals surface area (Å²) in [4.78, 5) is 40.5. The van der Waals surface area contributed by atoms with Crippen LogP contribution in [0, 0.1) is 0 Å². The summed E-state index contributed by atoms with van der Waals surface area (Å²) in [5.74, 6) is -0.584. The predicted octanol–water partition coefficient (Wildman–Crippen LogP) is 2.80. The molecule has 1 rings (SSSR count). The lowest BCUT2D eigenvalue weighted by Crippen LogP contribution is -2.69. The van der Waals surface area contributed by atoms with E-state index >= 15 is 0 Å². The van der Waals surface area contributed by atoms with Gasteiger partial charge in [0, 0.05) is 13.1 Å². The van der Waals surface area contributed by atoms with Crippen molar-refractivity contribution in [2.24, 2.45) is 0 Å². The number of methoxy groups -OCH3 is 1. The molecule has 0 spiro atoms. The molecule has 8 heteroatoms. The smallest absolute Gasteiger partial charge is 0.411 e. The number of hydrogen-bond donors (Lipinski definition) is 0. The Labute approximate surface area is 155 Å². The lowest BCUT2D eigenvalue weighted by atomic mass is 9.91. The Kier molecular flexibility index (Phi) is 6.54. The van der Waals surface area contributed by atoms with Crippen LogP contribution in [-0.4, -0.2) is 71.4 Å². The van der Waals surface area contributed by atoms with Gasteiger partial charge < -0.3 is 19.1 Å². The number of hydrogen-bond acceptors (Lipinski definition) is 6. The highest BCUT2D eigenvalue weighted by atomic mass is 16.6. The van der Waals surface area contributed by atoms with E-state index in [-0.39, 0.29) is 26.1 Å². The highest BCUT2D eigenvalue weighted by Gasteiger charge is 2.52. The number of ether oxygens (including phenoxy) is 3. The first-order valence-corrected chi connectivity index (χ1v) is 8.82. The molecular formula is C18H32N2O6. The lowest BCUT2D eigenvalue weighted by Gasteiger charge is -2.48. The van der Waals surface area contributed by atoms with Crippen LogP contribution < -0.4 is 0 Å².